The highest BCUT2D eigenvalue weighted by molar-refractivity contribution is 5.76. The maximum Gasteiger partial charge on any atom is 0.111 e. The molecule has 0 radical (unpaired) electrons. The lowest BCUT2D eigenvalue weighted by atomic mass is 10.2. The van der Waals surface area contributed by atoms with Gasteiger partial charge in [-0.05, 0) is 36.8 Å². The van der Waals surface area contributed by atoms with Crippen molar-refractivity contribution in [1.29, 1.82) is 0 Å². The summed E-state index contributed by atoms with van der Waals surface area (Å²) >= 11 is 0. The topological polar surface area (TPSA) is 52.8 Å². The van der Waals surface area contributed by atoms with Gasteiger partial charge in [0.05, 0.1) is 36.8 Å². The summed E-state index contributed by atoms with van der Waals surface area (Å²) in [5.74, 6) is 0. The quantitative estimate of drug-likeness (QED) is 0.714. The van der Waals surface area contributed by atoms with Crippen molar-refractivity contribution in [3.63, 3.8) is 0 Å². The predicted molar refractivity (Wildman–Crippen MR) is 75.4 cm³/mol. The van der Waals surface area contributed by atoms with Crippen LogP contribution in [0.1, 0.15) is 11.6 Å². The summed E-state index contributed by atoms with van der Waals surface area (Å²) in [6, 6.07) is 8.34. The van der Waals surface area contributed by atoms with Crippen LogP contribution in [0.4, 0.5) is 0 Å². The van der Waals surface area contributed by atoms with Crippen LogP contribution in [0.3, 0.4) is 0 Å². The average Bonchev–Trinajstić information content (AvgIpc) is 2.78. The highest BCUT2D eigenvalue weighted by atomic mass is 16.5. The van der Waals surface area contributed by atoms with Crippen molar-refractivity contribution in [1.82, 2.24) is 19.7 Å². The number of fused-ring (bicyclic) bond motifs is 1. The largest absolute Gasteiger partial charge is 0.377 e. The van der Waals surface area contributed by atoms with Crippen LogP contribution in [-0.4, -0.2) is 33.0 Å². The minimum Gasteiger partial charge on any atom is -0.377 e. The van der Waals surface area contributed by atoms with Gasteiger partial charge in [-0.3, -0.25) is 9.67 Å². The van der Waals surface area contributed by atoms with Crippen LogP contribution in [0.5, 0.6) is 0 Å². The van der Waals surface area contributed by atoms with Crippen LogP contribution in [0.15, 0.2) is 36.7 Å². The molecule has 100 valence electrons. The monoisotopic (exact) mass is 266 g/mol. The number of pyridine rings is 2. The van der Waals surface area contributed by atoms with Crippen LogP contribution >= 0.6 is 0 Å². The number of nitrogens with zero attached hydrogens (tertiary/aromatic N) is 4. The van der Waals surface area contributed by atoms with Crippen molar-refractivity contribution in [3.05, 3.63) is 42.2 Å². The van der Waals surface area contributed by atoms with Gasteiger partial charge in [-0.25, -0.2) is 4.98 Å². The first-order chi connectivity index (χ1) is 9.79. The van der Waals surface area contributed by atoms with E-state index in [0.717, 1.165) is 35.6 Å². The molecule has 1 fully saturated rings. The lowest BCUT2D eigenvalue weighted by Gasteiger charge is -2.25. The zero-order valence-electron chi connectivity index (χ0n) is 11.2. The second-order valence-electron chi connectivity index (χ2n) is 5.12. The van der Waals surface area contributed by atoms with Crippen LogP contribution in [0.2, 0.25) is 0 Å². The molecule has 3 aromatic heterocycles. The molecule has 0 aliphatic carbocycles. The third kappa shape index (κ3) is 1.87. The number of rotatable bonds is 2. The summed E-state index contributed by atoms with van der Waals surface area (Å²) in [6.07, 6.45) is 3.80. The first-order valence-corrected chi connectivity index (χ1v) is 6.66. The van der Waals surface area contributed by atoms with E-state index in [1.54, 1.807) is 0 Å². The normalized spacial score (nSPS) is 15.4. The van der Waals surface area contributed by atoms with Gasteiger partial charge in [-0.15, -0.1) is 0 Å². The summed E-state index contributed by atoms with van der Waals surface area (Å²) in [4.78, 5) is 9.04. The highest BCUT2D eigenvalue weighted by Gasteiger charge is 2.21. The lowest BCUT2D eigenvalue weighted by Crippen LogP contribution is -2.30. The summed E-state index contributed by atoms with van der Waals surface area (Å²) in [5.41, 5.74) is 4.77. The van der Waals surface area contributed by atoms with Gasteiger partial charge in [0.15, 0.2) is 0 Å². The Balaban J connectivity index is 1.78. The summed E-state index contributed by atoms with van der Waals surface area (Å²) in [6.45, 7) is 3.53. The first kappa shape index (κ1) is 11.5. The molecule has 4 heterocycles. The Morgan fingerprint density at radius 3 is 2.80 bits per heavy atom. The van der Waals surface area contributed by atoms with Crippen LogP contribution in [0, 0.1) is 6.92 Å². The van der Waals surface area contributed by atoms with Gasteiger partial charge in [0.2, 0.25) is 0 Å². The zero-order chi connectivity index (χ0) is 13.5. The fraction of sp³-hybridized carbons (Fsp3) is 0.267. The summed E-state index contributed by atoms with van der Waals surface area (Å²) < 4.78 is 7.15. The molecule has 0 N–H and O–H groups in total. The number of ether oxygens (including phenoxy) is 1. The van der Waals surface area contributed by atoms with Gasteiger partial charge >= 0.3 is 0 Å². The fourth-order valence-corrected chi connectivity index (χ4v) is 2.31. The third-order valence-corrected chi connectivity index (χ3v) is 3.55. The molecule has 1 aliphatic rings. The Bertz CT molecular complexity index is 776. The molecule has 20 heavy (non-hydrogen) atoms. The van der Waals surface area contributed by atoms with Crippen LogP contribution < -0.4 is 0 Å². The number of hydrogen-bond acceptors (Lipinski definition) is 4. The summed E-state index contributed by atoms with van der Waals surface area (Å²) in [7, 11) is 0. The molecule has 3 aromatic rings. The fourth-order valence-electron chi connectivity index (χ4n) is 2.31. The van der Waals surface area contributed by atoms with E-state index < -0.39 is 0 Å². The van der Waals surface area contributed by atoms with Gasteiger partial charge < -0.3 is 4.74 Å². The molecule has 5 nitrogen and oxygen atoms in total. The van der Waals surface area contributed by atoms with E-state index in [1.807, 2.05) is 41.3 Å². The van der Waals surface area contributed by atoms with Crippen molar-refractivity contribution in [2.45, 2.75) is 13.0 Å². The second kappa shape index (κ2) is 4.38. The minimum absolute atomic E-state index is 0.352. The standard InChI is InChI=1S/C15H14N4O/c1-10-4-5-16-14(6-10)12-2-3-13-15(17-12)7-19(18-13)11-8-20-9-11/h2-7,11H,8-9H2,1H3. The predicted octanol–water partition coefficient (Wildman–Crippen LogP) is 2.37. The van der Waals surface area contributed by atoms with Crippen molar-refractivity contribution in [2.24, 2.45) is 0 Å². The van der Waals surface area contributed by atoms with E-state index >= 15 is 0 Å². The second-order valence-corrected chi connectivity index (χ2v) is 5.12. The van der Waals surface area contributed by atoms with E-state index in [-0.39, 0.29) is 0 Å². The highest BCUT2D eigenvalue weighted by Crippen LogP contribution is 2.22. The molecule has 1 saturated heterocycles. The maximum atomic E-state index is 5.20. The third-order valence-electron chi connectivity index (χ3n) is 3.55. The zero-order valence-corrected chi connectivity index (χ0v) is 11.2. The SMILES string of the molecule is Cc1ccnc(-c2ccc3nn(C4COC4)cc3n2)c1. The Hall–Kier alpha value is -2.27. The molecule has 0 spiro atoms. The first-order valence-electron chi connectivity index (χ1n) is 6.66. The summed E-state index contributed by atoms with van der Waals surface area (Å²) in [5, 5.41) is 4.54. The molecule has 0 unspecified atom stereocenters. The van der Waals surface area contributed by atoms with Gasteiger partial charge in [0.1, 0.15) is 11.0 Å². The van der Waals surface area contributed by atoms with Gasteiger partial charge in [0.25, 0.3) is 0 Å². The maximum absolute atomic E-state index is 5.20. The Morgan fingerprint density at radius 1 is 1.15 bits per heavy atom. The lowest BCUT2D eigenvalue weighted by molar-refractivity contribution is -0.0283. The van der Waals surface area contributed by atoms with E-state index in [1.165, 1.54) is 5.56 Å². The minimum atomic E-state index is 0.352. The molecule has 0 amide bonds. The van der Waals surface area contributed by atoms with Crippen LogP contribution in [-0.2, 0) is 4.74 Å². The molecular weight excluding hydrogens is 252 g/mol. The van der Waals surface area contributed by atoms with Crippen molar-refractivity contribution < 1.29 is 4.74 Å². The molecule has 5 heteroatoms. The van der Waals surface area contributed by atoms with Gasteiger partial charge in [0, 0.05) is 6.20 Å². The smallest absolute Gasteiger partial charge is 0.111 e. The molecule has 1 aliphatic heterocycles. The Morgan fingerprint density at radius 2 is 2.05 bits per heavy atom. The molecule has 0 saturated carbocycles. The number of aryl methyl sites for hydroxylation is 1. The van der Waals surface area contributed by atoms with E-state index in [9.17, 15) is 0 Å². The van der Waals surface area contributed by atoms with E-state index in [2.05, 4.69) is 22.0 Å². The number of hydrogen-bond donors (Lipinski definition) is 0. The van der Waals surface area contributed by atoms with Gasteiger partial charge in [-0.1, -0.05) is 0 Å². The van der Waals surface area contributed by atoms with Crippen molar-refractivity contribution in [3.8, 4) is 11.4 Å². The number of aromatic nitrogens is 4. The Kier molecular flexibility index (Phi) is 2.53. The van der Waals surface area contributed by atoms with Crippen molar-refractivity contribution >= 4 is 11.0 Å². The van der Waals surface area contributed by atoms with Crippen molar-refractivity contribution in [2.75, 3.05) is 13.2 Å². The molecular formula is C15H14N4O. The van der Waals surface area contributed by atoms with Crippen LogP contribution in [0.25, 0.3) is 22.4 Å². The average molecular weight is 266 g/mol. The molecule has 4 rings (SSSR count). The molecule has 0 bridgehead atoms. The van der Waals surface area contributed by atoms with Gasteiger partial charge in [-0.2, -0.15) is 5.10 Å². The van der Waals surface area contributed by atoms with E-state index in [4.69, 9.17) is 4.74 Å². The molecule has 0 atom stereocenters. The molecule has 0 aromatic carbocycles. The van der Waals surface area contributed by atoms with E-state index in [0.29, 0.717) is 6.04 Å². The Labute approximate surface area is 116 Å².